The molecule has 0 fully saturated rings. The average Bonchev–Trinajstić information content (AvgIpc) is 2.68. The molecule has 164 valence electrons. The van der Waals surface area contributed by atoms with Gasteiger partial charge in [0.2, 0.25) is 0 Å². The first kappa shape index (κ1) is 36.4. The second-order valence-electron chi connectivity index (χ2n) is 1.71. The highest BCUT2D eigenvalue weighted by atomic mass is 34.1. The summed E-state index contributed by atoms with van der Waals surface area (Å²) in [7, 11) is 44.1. The van der Waals surface area contributed by atoms with Gasteiger partial charge in [-0.15, -0.1) is 0 Å². The number of rotatable bonds is 24. The van der Waals surface area contributed by atoms with Gasteiger partial charge in [-0.1, -0.05) is 23.3 Å². The predicted molar refractivity (Wildman–Crippen MR) is 208 cm³/mol. The van der Waals surface area contributed by atoms with Crippen molar-refractivity contribution in [2.45, 2.75) is 0 Å². The van der Waals surface area contributed by atoms with Crippen LogP contribution in [0.2, 0.25) is 0 Å². The molecule has 0 rings (SSSR count). The van der Waals surface area contributed by atoms with E-state index in [1.54, 1.807) is 98.3 Å². The molecule has 27 heavy (non-hydrogen) atoms. The maximum absolute atomic E-state index is 4.07. The molecular weight excluding hydrogens is 866 g/mol. The maximum Gasteiger partial charge on any atom is 0 e. The van der Waals surface area contributed by atoms with Crippen molar-refractivity contribution in [3.8, 4) is 0 Å². The van der Waals surface area contributed by atoms with Gasteiger partial charge < -0.3 is 0 Å². The Morgan fingerprint density at radius 3 is 0.407 bits per heavy atom. The normalized spacial score (nSPS) is 11.3. The molecule has 27 heteroatoms. The fourth-order valence-electron chi connectivity index (χ4n) is 0.263. The Balaban J connectivity index is 2.95. The monoisotopic (exact) mass is 865 g/mol. The third-order valence-electron chi connectivity index (χ3n) is 0.672. The van der Waals surface area contributed by atoms with E-state index in [4.69, 9.17) is 0 Å². The van der Waals surface area contributed by atoms with Gasteiger partial charge in [0.15, 0.2) is 0 Å². The minimum atomic E-state index is 1.48. The largest absolute Gasteiger partial charge is 0.0988 e. The van der Waals surface area contributed by atoms with Gasteiger partial charge in [-0.3, -0.25) is 0 Å². The van der Waals surface area contributed by atoms with E-state index in [1.807, 2.05) is 128 Å². The van der Waals surface area contributed by atoms with E-state index in [1.165, 1.54) is 19.7 Å². The summed E-state index contributed by atoms with van der Waals surface area (Å²) in [5.74, 6) is 0. The van der Waals surface area contributed by atoms with E-state index in [-0.39, 0.29) is 0 Å². The number of hydrogen-bond acceptors (Lipinski definition) is 27. The van der Waals surface area contributed by atoms with Gasteiger partial charge in [-0.2, -0.15) is 0 Å². The molecule has 0 aromatic rings. The standard InChI is InChI=1S/H2S27/c1-3-5-7-9-11-13-15-17-19-21-23-25-27-26-24-22-20-18-16-14-12-10-8-6-4-2/h1-2H. The van der Waals surface area contributed by atoms with Gasteiger partial charge in [0.05, 0.1) is 0 Å². The smallest absolute Gasteiger partial charge is 0 e. The van der Waals surface area contributed by atoms with Gasteiger partial charge in [0, 0.05) is 88.4 Å². The van der Waals surface area contributed by atoms with Crippen molar-refractivity contribution in [2.24, 2.45) is 0 Å². The molecule has 0 aromatic heterocycles. The Hall–Kier alpha value is 9.45. The minimum absolute atomic E-state index is 1.48. The van der Waals surface area contributed by atoms with E-state index in [9.17, 15) is 0 Å². The SMILES string of the molecule is SSSSSSSSSSSSSSSSSSSSSSSSSSS. The first-order valence-corrected chi connectivity index (χ1v) is 39.3. The molecule has 0 aliphatic carbocycles. The third-order valence-corrected chi connectivity index (χ3v) is 54.4. The quantitative estimate of drug-likeness (QED) is 0.0537. The average molecular weight is 868 g/mol. The zero-order chi connectivity index (χ0) is 19.7. The molecule has 0 spiro atoms. The lowest BCUT2D eigenvalue weighted by Crippen LogP contribution is -1.34. The summed E-state index contributed by atoms with van der Waals surface area (Å²) in [6.07, 6.45) is 0. The van der Waals surface area contributed by atoms with E-state index < -0.39 is 0 Å². The molecule has 0 bridgehead atoms. The van der Waals surface area contributed by atoms with Crippen LogP contribution in [0.15, 0.2) is 0 Å². The lowest BCUT2D eigenvalue weighted by atomic mass is 30.1. The Bertz CT molecular complexity index is 208. The Morgan fingerprint density at radius 1 is 0.185 bits per heavy atom. The van der Waals surface area contributed by atoms with Crippen LogP contribution in [0, 0.1) is 0 Å². The van der Waals surface area contributed by atoms with Crippen molar-refractivity contribution < 1.29 is 0 Å². The number of hydrogen-bond donors (Lipinski definition) is 2. The zero-order valence-electron chi connectivity index (χ0n) is 11.1. The summed E-state index contributed by atoms with van der Waals surface area (Å²) in [6.45, 7) is 0. The topological polar surface area (TPSA) is 0 Å². The molecule has 0 saturated carbocycles. The van der Waals surface area contributed by atoms with Gasteiger partial charge in [-0.05, 0) is 157 Å². The zero-order valence-corrected chi connectivity index (χ0v) is 33.3. The highest BCUT2D eigenvalue weighted by Gasteiger charge is 2.01. The van der Waals surface area contributed by atoms with Crippen LogP contribution < -0.4 is 0 Å². The highest BCUT2D eigenvalue weighted by molar-refractivity contribution is 9.60. The first-order valence-electron chi connectivity index (χ1n) is 4.37. The summed E-state index contributed by atoms with van der Waals surface area (Å²) in [6, 6.07) is 0. The van der Waals surface area contributed by atoms with Crippen molar-refractivity contribution in [1.82, 2.24) is 0 Å². The maximum atomic E-state index is 4.07. The molecule has 0 radical (unpaired) electrons. The molecule has 0 N–H and O–H groups in total. The lowest BCUT2D eigenvalue weighted by molar-refractivity contribution is 5.60. The fraction of sp³-hybridized carbons (Fsp3) is 0. The minimum Gasteiger partial charge on any atom is -0.0988 e. The second-order valence-corrected chi connectivity index (χ2v) is 46.3. The van der Waals surface area contributed by atoms with Crippen molar-refractivity contribution >= 4 is 269 Å². The molecule has 0 aromatic carbocycles. The summed E-state index contributed by atoms with van der Waals surface area (Å²) in [5, 5.41) is 0. The van der Waals surface area contributed by atoms with Gasteiger partial charge in [0.25, 0.3) is 0 Å². The Kier molecular flexibility index (Phi) is 47.9. The van der Waals surface area contributed by atoms with E-state index in [2.05, 4.69) is 23.3 Å². The molecule has 0 heterocycles. The summed E-state index contributed by atoms with van der Waals surface area (Å²) in [4.78, 5) is 0. The third kappa shape index (κ3) is 35.4. The second kappa shape index (κ2) is 35.4. The van der Waals surface area contributed by atoms with Crippen molar-refractivity contribution in [2.75, 3.05) is 0 Å². The van der Waals surface area contributed by atoms with Gasteiger partial charge >= 0.3 is 0 Å². The van der Waals surface area contributed by atoms with E-state index in [0.29, 0.717) is 0 Å². The van der Waals surface area contributed by atoms with Crippen LogP contribution in [0.4, 0.5) is 0 Å². The van der Waals surface area contributed by atoms with E-state index in [0.717, 1.165) is 0 Å². The lowest BCUT2D eigenvalue weighted by Gasteiger charge is -1.99. The molecular formula is H2S27. The first-order chi connectivity index (χ1) is 13.4. The molecule has 0 unspecified atom stereocenters. The molecule has 0 saturated heterocycles. The molecule has 0 aliphatic rings. The van der Waals surface area contributed by atoms with Crippen molar-refractivity contribution in [3.05, 3.63) is 0 Å². The molecule has 0 atom stereocenters. The van der Waals surface area contributed by atoms with Crippen LogP contribution in [0.1, 0.15) is 0 Å². The van der Waals surface area contributed by atoms with E-state index >= 15 is 0 Å². The summed E-state index contributed by atoms with van der Waals surface area (Å²) in [5.41, 5.74) is 0. The van der Waals surface area contributed by atoms with Gasteiger partial charge in [0.1, 0.15) is 0 Å². The molecule has 0 nitrogen and oxygen atoms in total. The fourth-order valence-corrected chi connectivity index (χ4v) is 63.9. The molecule has 0 amide bonds. The highest BCUT2D eigenvalue weighted by Crippen LogP contribution is 2.66. The Morgan fingerprint density at radius 2 is 0.296 bits per heavy atom. The van der Waals surface area contributed by atoms with Crippen LogP contribution in [-0.2, 0) is 0 Å². The Labute approximate surface area is 262 Å². The van der Waals surface area contributed by atoms with Crippen LogP contribution >= 0.6 is 269 Å². The van der Waals surface area contributed by atoms with Crippen LogP contribution in [0.25, 0.3) is 0 Å². The molecule has 0 aliphatic heterocycles. The van der Waals surface area contributed by atoms with Gasteiger partial charge in [-0.25, -0.2) is 0 Å². The number of thiol groups is 2. The van der Waals surface area contributed by atoms with Crippen LogP contribution in [-0.4, -0.2) is 0 Å². The summed E-state index contributed by atoms with van der Waals surface area (Å²) < 4.78 is 0. The van der Waals surface area contributed by atoms with Crippen LogP contribution in [0.5, 0.6) is 0 Å². The van der Waals surface area contributed by atoms with Crippen molar-refractivity contribution in [1.29, 1.82) is 0 Å². The van der Waals surface area contributed by atoms with Crippen LogP contribution in [0.3, 0.4) is 0 Å². The predicted octanol–water partition coefficient (Wildman–Crippen LogP) is 17.0. The van der Waals surface area contributed by atoms with Crippen molar-refractivity contribution in [3.63, 3.8) is 0 Å². The summed E-state index contributed by atoms with van der Waals surface area (Å²) >= 11 is 8.13.